The smallest absolute Gasteiger partial charge is 0.263 e. The van der Waals surface area contributed by atoms with Crippen LogP contribution >= 0.6 is 15.9 Å². The minimum Gasteiger partial charge on any atom is -0.306 e. The van der Waals surface area contributed by atoms with Gasteiger partial charge in [-0.05, 0) is 54.8 Å². The van der Waals surface area contributed by atoms with Crippen molar-refractivity contribution in [3.8, 4) is 0 Å². The number of aromatic nitrogens is 2. The number of hydrogen-bond acceptors (Lipinski definition) is 6. The second-order valence-electron chi connectivity index (χ2n) is 8.74. The third-order valence-corrected chi connectivity index (χ3v) is 8.16. The van der Waals surface area contributed by atoms with Crippen LogP contribution in [0.2, 0.25) is 0 Å². The number of aryl methyl sites for hydroxylation is 1. The Morgan fingerprint density at radius 3 is 2.71 bits per heavy atom. The number of amides is 1. The predicted octanol–water partition coefficient (Wildman–Crippen LogP) is 2.23. The lowest BCUT2D eigenvalue weighted by Crippen LogP contribution is -2.52. The molecular weight excluding hydrogens is 484 g/mol. The van der Waals surface area contributed by atoms with E-state index in [-0.39, 0.29) is 16.8 Å². The molecule has 1 amide bonds. The van der Waals surface area contributed by atoms with E-state index in [1.54, 1.807) is 21.8 Å². The topological polar surface area (TPSA) is 99.9 Å². The predicted molar refractivity (Wildman–Crippen MR) is 119 cm³/mol. The maximum atomic E-state index is 13.6. The lowest BCUT2D eigenvalue weighted by Gasteiger charge is -2.38. The second kappa shape index (κ2) is 6.88. The van der Waals surface area contributed by atoms with Crippen molar-refractivity contribution in [2.75, 3.05) is 11.4 Å². The number of nitrogens with zero attached hydrogens (tertiary/aromatic N) is 5. The van der Waals surface area contributed by atoms with Crippen LogP contribution < -0.4 is 9.62 Å². The molecule has 9 nitrogen and oxygen atoms in total. The number of nitrogens with one attached hydrogen (secondary N) is 1. The molecule has 0 spiro atoms. The summed E-state index contributed by atoms with van der Waals surface area (Å²) >= 11 is 3.53. The first kappa shape index (κ1) is 20.7. The second-order valence-corrected chi connectivity index (χ2v) is 11.3. The fourth-order valence-corrected chi connectivity index (χ4v) is 6.35. The van der Waals surface area contributed by atoms with Gasteiger partial charge in [0.1, 0.15) is 0 Å². The molecule has 3 heterocycles. The highest BCUT2D eigenvalue weighted by Gasteiger charge is 2.44. The standard InChI is InChI=1S/C20H23BrN6O3S/c1-12-8-22-19-26(11-13-9-23-25(3)10-13)18(28)15-6-14(7-16(21)17(15)27(12)19)31(29,30)24-20(2)4-5-20/h6-7,9-10,12,24H,4-5,8,11H2,1-3H3/t12-/m1/s1. The van der Waals surface area contributed by atoms with Crippen LogP contribution in [0, 0.1) is 0 Å². The molecule has 1 aromatic carbocycles. The average molecular weight is 507 g/mol. The van der Waals surface area contributed by atoms with Gasteiger partial charge in [-0.3, -0.25) is 19.4 Å². The number of sulfonamides is 1. The minimum atomic E-state index is -3.76. The monoisotopic (exact) mass is 506 g/mol. The van der Waals surface area contributed by atoms with Crippen molar-refractivity contribution in [1.82, 2.24) is 19.4 Å². The molecule has 1 fully saturated rings. The van der Waals surface area contributed by atoms with Gasteiger partial charge < -0.3 is 4.90 Å². The van der Waals surface area contributed by atoms with E-state index < -0.39 is 15.6 Å². The first-order valence-electron chi connectivity index (χ1n) is 10.1. The minimum absolute atomic E-state index is 0.0421. The van der Waals surface area contributed by atoms with Crippen molar-refractivity contribution in [3.63, 3.8) is 0 Å². The number of rotatable bonds is 5. The van der Waals surface area contributed by atoms with Crippen molar-refractivity contribution in [2.45, 2.75) is 49.7 Å². The van der Waals surface area contributed by atoms with Gasteiger partial charge in [0.2, 0.25) is 16.0 Å². The average Bonchev–Trinajstić information content (AvgIpc) is 3.07. The van der Waals surface area contributed by atoms with E-state index in [0.717, 1.165) is 18.4 Å². The van der Waals surface area contributed by atoms with Gasteiger partial charge in [-0.25, -0.2) is 13.1 Å². The van der Waals surface area contributed by atoms with Gasteiger partial charge >= 0.3 is 0 Å². The van der Waals surface area contributed by atoms with Crippen LogP contribution in [0.3, 0.4) is 0 Å². The van der Waals surface area contributed by atoms with Crippen LogP contribution in [0.15, 0.2) is 38.9 Å². The molecule has 0 saturated heterocycles. The van der Waals surface area contributed by atoms with E-state index in [2.05, 4.69) is 30.7 Å². The Hall–Kier alpha value is -2.24. The van der Waals surface area contributed by atoms with Gasteiger partial charge in [-0.1, -0.05) is 0 Å². The van der Waals surface area contributed by atoms with Crippen molar-refractivity contribution in [1.29, 1.82) is 0 Å². The lowest BCUT2D eigenvalue weighted by molar-refractivity contribution is 0.0832. The molecule has 5 rings (SSSR count). The fraction of sp³-hybridized carbons (Fsp3) is 0.450. The molecule has 164 valence electrons. The molecule has 31 heavy (non-hydrogen) atoms. The quantitative estimate of drug-likeness (QED) is 0.670. The lowest BCUT2D eigenvalue weighted by atomic mass is 10.1. The number of fused-ring (bicyclic) bond motifs is 3. The summed E-state index contributed by atoms with van der Waals surface area (Å²) in [6.07, 6.45) is 5.18. The number of carbonyl (C=O) groups excluding carboxylic acids is 1. The summed E-state index contributed by atoms with van der Waals surface area (Å²) < 4.78 is 31.0. The highest BCUT2D eigenvalue weighted by Crippen LogP contribution is 2.42. The number of aliphatic imine (C=N–C) groups is 1. The molecular formula is C20H23BrN6O3S. The summed E-state index contributed by atoms with van der Waals surface area (Å²) in [6, 6.07) is 3.09. The van der Waals surface area contributed by atoms with E-state index >= 15 is 0 Å². The molecule has 3 aliphatic rings. The van der Waals surface area contributed by atoms with E-state index in [1.807, 2.05) is 32.0 Å². The molecule has 1 aliphatic carbocycles. The summed E-state index contributed by atoms with van der Waals surface area (Å²) in [6.45, 7) is 4.77. The maximum absolute atomic E-state index is 13.6. The molecule has 2 aromatic rings. The van der Waals surface area contributed by atoms with E-state index in [1.165, 1.54) is 6.07 Å². The van der Waals surface area contributed by atoms with Gasteiger partial charge in [0, 0.05) is 28.8 Å². The molecule has 1 aromatic heterocycles. The maximum Gasteiger partial charge on any atom is 0.263 e. The molecule has 0 bridgehead atoms. The number of hydrogen-bond donors (Lipinski definition) is 1. The van der Waals surface area contributed by atoms with Crippen molar-refractivity contribution < 1.29 is 13.2 Å². The normalized spacial score (nSPS) is 21.7. The Kier molecular flexibility index (Phi) is 4.58. The molecule has 0 radical (unpaired) electrons. The zero-order valence-corrected chi connectivity index (χ0v) is 19.9. The summed E-state index contributed by atoms with van der Waals surface area (Å²) in [5.74, 6) is 0.298. The molecule has 0 unspecified atom stereocenters. The summed E-state index contributed by atoms with van der Waals surface area (Å²) in [4.78, 5) is 21.9. The molecule has 2 aliphatic heterocycles. The Bertz CT molecular complexity index is 1230. The summed E-state index contributed by atoms with van der Waals surface area (Å²) in [5, 5.41) is 4.18. The summed E-state index contributed by atoms with van der Waals surface area (Å²) in [7, 11) is -1.94. The van der Waals surface area contributed by atoms with E-state index in [4.69, 9.17) is 0 Å². The number of halogens is 1. The molecule has 1 saturated carbocycles. The fourth-order valence-electron chi connectivity index (χ4n) is 4.03. The van der Waals surface area contributed by atoms with Gasteiger partial charge in [0.05, 0.1) is 41.5 Å². The summed E-state index contributed by atoms with van der Waals surface area (Å²) in [5.41, 5.74) is 1.47. The molecule has 1 atom stereocenters. The van der Waals surface area contributed by atoms with Crippen LogP contribution in [-0.4, -0.2) is 53.1 Å². The van der Waals surface area contributed by atoms with Crippen molar-refractivity contribution in [2.24, 2.45) is 12.0 Å². The zero-order chi connectivity index (χ0) is 22.1. The number of carbonyl (C=O) groups is 1. The highest BCUT2D eigenvalue weighted by molar-refractivity contribution is 9.10. The Balaban J connectivity index is 1.60. The van der Waals surface area contributed by atoms with Crippen LogP contribution in [0.5, 0.6) is 0 Å². The number of anilines is 1. The van der Waals surface area contributed by atoms with Gasteiger partial charge in [-0.2, -0.15) is 5.10 Å². The first-order valence-corrected chi connectivity index (χ1v) is 12.4. The highest BCUT2D eigenvalue weighted by atomic mass is 79.9. The van der Waals surface area contributed by atoms with Gasteiger partial charge in [-0.15, -0.1) is 0 Å². The van der Waals surface area contributed by atoms with Crippen LogP contribution in [0.1, 0.15) is 42.6 Å². The van der Waals surface area contributed by atoms with Crippen LogP contribution in [-0.2, 0) is 23.6 Å². The Morgan fingerprint density at radius 1 is 1.32 bits per heavy atom. The van der Waals surface area contributed by atoms with Gasteiger partial charge in [0.25, 0.3) is 5.91 Å². The Labute approximate surface area is 189 Å². The van der Waals surface area contributed by atoms with Gasteiger partial charge in [0.15, 0.2) is 0 Å². The van der Waals surface area contributed by atoms with E-state index in [9.17, 15) is 13.2 Å². The van der Waals surface area contributed by atoms with Crippen LogP contribution in [0.25, 0.3) is 0 Å². The molecule has 1 N–H and O–H groups in total. The molecule has 11 heteroatoms. The van der Waals surface area contributed by atoms with Crippen LogP contribution in [0.4, 0.5) is 5.69 Å². The SMILES string of the molecule is C[C@@H]1CN=C2N(Cc3cnn(C)c3)C(=O)c3cc(S(=O)(=O)NC4(C)CC4)cc(Br)c3N21. The number of benzene rings is 1. The van der Waals surface area contributed by atoms with Crippen molar-refractivity contribution >= 4 is 43.5 Å². The zero-order valence-electron chi connectivity index (χ0n) is 17.5. The van der Waals surface area contributed by atoms with Crippen molar-refractivity contribution in [3.05, 3.63) is 40.1 Å². The third kappa shape index (κ3) is 3.48. The third-order valence-electron chi connectivity index (χ3n) is 5.94. The largest absolute Gasteiger partial charge is 0.306 e. The first-order chi connectivity index (χ1) is 14.6. The number of guanidine groups is 1. The Morgan fingerprint density at radius 2 is 2.06 bits per heavy atom. The van der Waals surface area contributed by atoms with E-state index in [0.29, 0.717) is 34.8 Å².